The number of carbonyl (C=O) groups is 1. The van der Waals surface area contributed by atoms with Gasteiger partial charge >= 0.3 is 5.97 Å². The fourth-order valence-electron chi connectivity index (χ4n) is 2.97. The zero-order chi connectivity index (χ0) is 19.6. The molecule has 1 aromatic heterocycles. The van der Waals surface area contributed by atoms with Gasteiger partial charge in [0.05, 0.1) is 4.91 Å². The summed E-state index contributed by atoms with van der Waals surface area (Å²) in [7, 11) is 0. The number of cyclic esters (lactones) is 1. The van der Waals surface area contributed by atoms with Crippen LogP contribution >= 0.6 is 11.8 Å². The van der Waals surface area contributed by atoms with Gasteiger partial charge in [0, 0.05) is 5.56 Å². The molecule has 5 nitrogen and oxygen atoms in total. The summed E-state index contributed by atoms with van der Waals surface area (Å²) in [6.45, 7) is 0. The minimum atomic E-state index is -0.494. The number of benzene rings is 3. The number of oxazole rings is 1. The summed E-state index contributed by atoms with van der Waals surface area (Å²) in [4.78, 5) is 22.3. The SMILES string of the molecule is O=C1OC(c2ccccc2)=N/C1=C(\Sc1nc2ccccc2o1)c1ccccc1. The number of nitrogens with zero attached hydrogens (tertiary/aromatic N) is 2. The van der Waals surface area contributed by atoms with E-state index < -0.39 is 5.97 Å². The van der Waals surface area contributed by atoms with Gasteiger partial charge in [0.2, 0.25) is 5.90 Å². The van der Waals surface area contributed by atoms with Crippen molar-refractivity contribution in [2.75, 3.05) is 0 Å². The first-order valence-corrected chi connectivity index (χ1v) is 9.79. The normalized spacial score (nSPS) is 15.3. The van der Waals surface area contributed by atoms with Gasteiger partial charge in [0.25, 0.3) is 5.22 Å². The molecule has 5 rings (SSSR count). The average Bonchev–Trinajstić information content (AvgIpc) is 3.36. The molecule has 29 heavy (non-hydrogen) atoms. The van der Waals surface area contributed by atoms with Crippen LogP contribution in [-0.2, 0) is 9.53 Å². The lowest BCUT2D eigenvalue weighted by Crippen LogP contribution is -2.05. The van der Waals surface area contributed by atoms with Gasteiger partial charge < -0.3 is 9.15 Å². The van der Waals surface area contributed by atoms with Gasteiger partial charge in [0.15, 0.2) is 11.3 Å². The van der Waals surface area contributed by atoms with Crippen LogP contribution in [0.25, 0.3) is 16.0 Å². The van der Waals surface area contributed by atoms with Crippen molar-refractivity contribution in [3.8, 4) is 0 Å². The maximum Gasteiger partial charge on any atom is 0.365 e. The molecule has 0 aliphatic carbocycles. The van der Waals surface area contributed by atoms with Gasteiger partial charge in [-0.3, -0.25) is 0 Å². The fourth-order valence-corrected chi connectivity index (χ4v) is 3.90. The van der Waals surface area contributed by atoms with Crippen LogP contribution in [0.4, 0.5) is 0 Å². The third-order valence-electron chi connectivity index (χ3n) is 4.33. The van der Waals surface area contributed by atoms with E-state index in [-0.39, 0.29) is 11.6 Å². The maximum absolute atomic E-state index is 12.7. The smallest absolute Gasteiger partial charge is 0.365 e. The van der Waals surface area contributed by atoms with E-state index in [1.807, 2.05) is 84.9 Å². The van der Waals surface area contributed by atoms with E-state index in [4.69, 9.17) is 9.15 Å². The standard InChI is InChI=1S/C23H14N2O3S/c26-22-19(25-21(28-22)16-11-5-2-6-12-16)20(15-9-3-1-4-10-15)29-23-24-17-13-7-8-14-18(17)27-23/h1-14H/b20-19-. The number of carbonyl (C=O) groups excluding carboxylic acids is 1. The molecule has 0 fully saturated rings. The summed E-state index contributed by atoms with van der Waals surface area (Å²) in [5.41, 5.74) is 3.27. The number of para-hydroxylation sites is 2. The molecule has 0 amide bonds. The van der Waals surface area contributed by atoms with E-state index in [2.05, 4.69) is 9.98 Å². The van der Waals surface area contributed by atoms with Crippen LogP contribution in [0.1, 0.15) is 11.1 Å². The highest BCUT2D eigenvalue weighted by Gasteiger charge is 2.29. The van der Waals surface area contributed by atoms with Crippen LogP contribution in [-0.4, -0.2) is 16.9 Å². The zero-order valence-corrected chi connectivity index (χ0v) is 15.9. The van der Waals surface area contributed by atoms with Gasteiger partial charge in [-0.15, -0.1) is 0 Å². The second kappa shape index (κ2) is 7.41. The summed E-state index contributed by atoms with van der Waals surface area (Å²) in [6, 6.07) is 26.5. The Morgan fingerprint density at radius 1 is 0.828 bits per heavy atom. The maximum atomic E-state index is 12.7. The molecule has 1 aliphatic rings. The highest BCUT2D eigenvalue weighted by molar-refractivity contribution is 8.08. The fraction of sp³-hybridized carbons (Fsp3) is 0. The molecule has 2 heterocycles. The molecular weight excluding hydrogens is 384 g/mol. The molecule has 0 unspecified atom stereocenters. The number of thioether (sulfide) groups is 1. The third kappa shape index (κ3) is 3.46. The largest absolute Gasteiger partial charge is 0.431 e. The molecule has 140 valence electrons. The second-order valence-corrected chi connectivity index (χ2v) is 7.23. The number of aromatic nitrogens is 1. The molecule has 0 bridgehead atoms. The highest BCUT2D eigenvalue weighted by atomic mass is 32.2. The van der Waals surface area contributed by atoms with Crippen molar-refractivity contribution < 1.29 is 13.9 Å². The second-order valence-electron chi connectivity index (χ2n) is 6.27. The highest BCUT2D eigenvalue weighted by Crippen LogP contribution is 2.39. The Balaban J connectivity index is 1.62. The summed E-state index contributed by atoms with van der Waals surface area (Å²) >= 11 is 1.26. The average molecular weight is 398 g/mol. The van der Waals surface area contributed by atoms with E-state index >= 15 is 0 Å². The number of hydrogen-bond acceptors (Lipinski definition) is 6. The molecule has 0 saturated carbocycles. The monoisotopic (exact) mass is 398 g/mol. The molecule has 4 aromatic rings. The molecule has 0 N–H and O–H groups in total. The van der Waals surface area contributed by atoms with Crippen molar-refractivity contribution in [1.82, 2.24) is 4.98 Å². The summed E-state index contributed by atoms with van der Waals surface area (Å²) in [5.74, 6) is -0.205. The molecular formula is C23H14N2O3S. The number of ether oxygens (including phenoxy) is 1. The van der Waals surface area contributed by atoms with E-state index in [1.165, 1.54) is 11.8 Å². The first-order valence-electron chi connectivity index (χ1n) is 8.97. The lowest BCUT2D eigenvalue weighted by atomic mass is 10.2. The molecule has 0 radical (unpaired) electrons. The Morgan fingerprint density at radius 2 is 1.52 bits per heavy atom. The minimum absolute atomic E-state index is 0.238. The summed E-state index contributed by atoms with van der Waals surface area (Å²) < 4.78 is 11.3. The minimum Gasteiger partial charge on any atom is -0.431 e. The Morgan fingerprint density at radius 3 is 2.28 bits per heavy atom. The van der Waals surface area contributed by atoms with Crippen LogP contribution in [0.3, 0.4) is 0 Å². The molecule has 6 heteroatoms. The van der Waals surface area contributed by atoms with Gasteiger partial charge in [-0.1, -0.05) is 60.7 Å². The van der Waals surface area contributed by atoms with Crippen molar-refractivity contribution in [3.05, 3.63) is 102 Å². The van der Waals surface area contributed by atoms with E-state index in [1.54, 1.807) is 0 Å². The van der Waals surface area contributed by atoms with Gasteiger partial charge in [-0.05, 0) is 41.6 Å². The number of fused-ring (bicyclic) bond motifs is 1. The number of hydrogen-bond donors (Lipinski definition) is 0. The molecule has 0 saturated heterocycles. The first kappa shape index (κ1) is 17.5. The molecule has 1 aliphatic heterocycles. The quantitative estimate of drug-likeness (QED) is 0.265. The Kier molecular flexibility index (Phi) is 4.46. The van der Waals surface area contributed by atoms with Crippen LogP contribution in [0.15, 0.2) is 105 Å². The predicted octanol–water partition coefficient (Wildman–Crippen LogP) is 5.29. The molecule has 0 atom stereocenters. The van der Waals surface area contributed by atoms with Crippen LogP contribution in [0, 0.1) is 0 Å². The Hall–Kier alpha value is -3.64. The van der Waals surface area contributed by atoms with Gasteiger partial charge in [-0.25, -0.2) is 14.8 Å². The van der Waals surface area contributed by atoms with Gasteiger partial charge in [0.1, 0.15) is 5.52 Å². The topological polar surface area (TPSA) is 64.7 Å². The predicted molar refractivity (Wildman–Crippen MR) is 112 cm³/mol. The van der Waals surface area contributed by atoms with Crippen molar-refractivity contribution in [2.24, 2.45) is 4.99 Å². The third-order valence-corrected chi connectivity index (χ3v) is 5.31. The van der Waals surface area contributed by atoms with Crippen LogP contribution in [0.5, 0.6) is 0 Å². The Bertz CT molecular complexity index is 1230. The van der Waals surface area contributed by atoms with Crippen molar-refractivity contribution in [3.63, 3.8) is 0 Å². The van der Waals surface area contributed by atoms with Crippen molar-refractivity contribution in [1.29, 1.82) is 0 Å². The van der Waals surface area contributed by atoms with Crippen molar-refractivity contribution >= 4 is 39.6 Å². The summed E-state index contributed by atoms with van der Waals surface area (Å²) in [6.07, 6.45) is 0. The zero-order valence-electron chi connectivity index (χ0n) is 15.1. The molecule has 0 spiro atoms. The summed E-state index contributed by atoms with van der Waals surface area (Å²) in [5, 5.41) is 0.439. The number of esters is 1. The lowest BCUT2D eigenvalue weighted by Gasteiger charge is -2.05. The molecule has 3 aromatic carbocycles. The Labute approximate surface area is 170 Å². The number of rotatable bonds is 4. The van der Waals surface area contributed by atoms with Gasteiger partial charge in [-0.2, -0.15) is 0 Å². The van der Waals surface area contributed by atoms with E-state index in [0.29, 0.717) is 15.7 Å². The lowest BCUT2D eigenvalue weighted by molar-refractivity contribution is -0.129. The van der Waals surface area contributed by atoms with Crippen LogP contribution < -0.4 is 0 Å². The first-order chi connectivity index (χ1) is 14.3. The van der Waals surface area contributed by atoms with E-state index in [0.717, 1.165) is 16.6 Å². The van der Waals surface area contributed by atoms with Crippen LogP contribution in [0.2, 0.25) is 0 Å². The number of aliphatic imine (C=N–C) groups is 1. The van der Waals surface area contributed by atoms with E-state index in [9.17, 15) is 4.79 Å². The van der Waals surface area contributed by atoms with Crippen molar-refractivity contribution in [2.45, 2.75) is 5.22 Å².